The topological polar surface area (TPSA) is 98.5 Å². The van der Waals surface area contributed by atoms with Crippen LogP contribution in [0.25, 0.3) is 0 Å². The van der Waals surface area contributed by atoms with Gasteiger partial charge in [-0.05, 0) is 25.0 Å². The summed E-state index contributed by atoms with van der Waals surface area (Å²) in [4.78, 5) is 35.4. The SMILES string of the molecule is Cc1ccc(SCCC(=O)O[C@@H](C(=O)NC(N)=O)C(C)C)cc1. The summed E-state index contributed by atoms with van der Waals surface area (Å²) in [7, 11) is 0. The van der Waals surface area contributed by atoms with Gasteiger partial charge in [0.25, 0.3) is 5.91 Å². The van der Waals surface area contributed by atoms with E-state index in [1.807, 2.05) is 36.5 Å². The van der Waals surface area contributed by atoms with Gasteiger partial charge in [0.05, 0.1) is 6.42 Å². The molecule has 0 radical (unpaired) electrons. The van der Waals surface area contributed by atoms with Crippen molar-refractivity contribution in [2.75, 3.05) is 5.75 Å². The highest BCUT2D eigenvalue weighted by molar-refractivity contribution is 7.99. The number of nitrogens with two attached hydrogens (primary N) is 1. The maximum absolute atomic E-state index is 11.9. The fraction of sp³-hybridized carbons (Fsp3) is 0.438. The molecule has 0 saturated heterocycles. The Hall–Kier alpha value is -2.02. The van der Waals surface area contributed by atoms with E-state index in [1.165, 1.54) is 17.3 Å². The molecule has 126 valence electrons. The number of benzene rings is 1. The van der Waals surface area contributed by atoms with Crippen LogP contribution in [0.3, 0.4) is 0 Å². The first kappa shape index (κ1) is 19.0. The second-order valence-electron chi connectivity index (χ2n) is 5.42. The van der Waals surface area contributed by atoms with Gasteiger partial charge in [-0.2, -0.15) is 0 Å². The molecule has 3 amide bonds. The summed E-state index contributed by atoms with van der Waals surface area (Å²) >= 11 is 1.54. The van der Waals surface area contributed by atoms with Crippen LogP contribution in [0.15, 0.2) is 29.2 Å². The summed E-state index contributed by atoms with van der Waals surface area (Å²) in [6, 6.07) is 7.02. The van der Waals surface area contributed by atoms with Gasteiger partial charge in [0.15, 0.2) is 6.10 Å². The number of urea groups is 1. The molecule has 0 unspecified atom stereocenters. The van der Waals surface area contributed by atoms with E-state index in [0.29, 0.717) is 5.75 Å². The number of hydrogen-bond acceptors (Lipinski definition) is 5. The molecule has 3 N–H and O–H groups in total. The van der Waals surface area contributed by atoms with E-state index < -0.39 is 24.0 Å². The number of rotatable bonds is 7. The Balaban J connectivity index is 2.44. The minimum absolute atomic E-state index is 0.172. The van der Waals surface area contributed by atoms with Crippen LogP contribution >= 0.6 is 11.8 Å². The van der Waals surface area contributed by atoms with Crippen LogP contribution in [0.1, 0.15) is 25.8 Å². The molecule has 0 heterocycles. The van der Waals surface area contributed by atoms with Crippen molar-refractivity contribution in [3.63, 3.8) is 0 Å². The van der Waals surface area contributed by atoms with E-state index >= 15 is 0 Å². The van der Waals surface area contributed by atoms with Gasteiger partial charge in [-0.3, -0.25) is 14.9 Å². The van der Waals surface area contributed by atoms with Gasteiger partial charge in [0.2, 0.25) is 0 Å². The molecule has 7 heteroatoms. The molecule has 23 heavy (non-hydrogen) atoms. The lowest BCUT2D eigenvalue weighted by atomic mass is 10.1. The van der Waals surface area contributed by atoms with E-state index in [2.05, 4.69) is 0 Å². The van der Waals surface area contributed by atoms with Crippen LogP contribution in [0.2, 0.25) is 0 Å². The van der Waals surface area contributed by atoms with E-state index in [0.717, 1.165) is 4.90 Å². The molecule has 1 atom stereocenters. The lowest BCUT2D eigenvalue weighted by Crippen LogP contribution is -2.45. The number of aryl methyl sites for hydroxylation is 1. The van der Waals surface area contributed by atoms with Crippen molar-refractivity contribution in [1.82, 2.24) is 5.32 Å². The first-order valence-corrected chi connectivity index (χ1v) is 8.27. The average Bonchev–Trinajstić information content (AvgIpc) is 2.45. The van der Waals surface area contributed by atoms with Gasteiger partial charge in [-0.15, -0.1) is 11.8 Å². The fourth-order valence-corrected chi connectivity index (χ4v) is 2.61. The minimum Gasteiger partial charge on any atom is -0.452 e. The number of imide groups is 1. The van der Waals surface area contributed by atoms with Gasteiger partial charge in [-0.25, -0.2) is 4.79 Å². The van der Waals surface area contributed by atoms with Crippen molar-refractivity contribution < 1.29 is 19.1 Å². The zero-order valence-corrected chi connectivity index (χ0v) is 14.3. The largest absolute Gasteiger partial charge is 0.452 e. The lowest BCUT2D eigenvalue weighted by molar-refractivity contribution is -0.157. The number of nitrogens with one attached hydrogen (secondary N) is 1. The van der Waals surface area contributed by atoms with Gasteiger partial charge >= 0.3 is 12.0 Å². The summed E-state index contributed by atoms with van der Waals surface area (Å²) in [6.45, 7) is 5.45. The molecule has 0 saturated carbocycles. The van der Waals surface area contributed by atoms with Crippen molar-refractivity contribution in [2.24, 2.45) is 11.7 Å². The Kier molecular flexibility index (Phi) is 7.61. The minimum atomic E-state index is -1.03. The van der Waals surface area contributed by atoms with Crippen LogP contribution in [0, 0.1) is 12.8 Å². The number of carbonyl (C=O) groups excluding carboxylic acids is 3. The van der Waals surface area contributed by atoms with Gasteiger partial charge in [-0.1, -0.05) is 31.5 Å². The first-order valence-electron chi connectivity index (χ1n) is 7.29. The normalized spacial score (nSPS) is 11.8. The summed E-state index contributed by atoms with van der Waals surface area (Å²) < 4.78 is 5.16. The molecule has 0 aliphatic rings. The molecule has 0 bridgehead atoms. The molecule has 1 aromatic carbocycles. The number of ether oxygens (including phenoxy) is 1. The lowest BCUT2D eigenvalue weighted by Gasteiger charge is -2.19. The fourth-order valence-electron chi connectivity index (χ4n) is 1.77. The van der Waals surface area contributed by atoms with Crippen LogP contribution in [0.5, 0.6) is 0 Å². The number of esters is 1. The Bertz CT molecular complexity index is 558. The standard InChI is InChI=1S/C16H22N2O4S/c1-10(2)14(15(20)18-16(17)21)22-13(19)8-9-23-12-6-4-11(3)5-7-12/h4-7,10,14H,8-9H2,1-3H3,(H3,17,18,20,21)/t14-/m1/s1. The summed E-state index contributed by atoms with van der Waals surface area (Å²) in [6.07, 6.45) is -0.856. The third-order valence-corrected chi connectivity index (χ3v) is 3.98. The van der Waals surface area contributed by atoms with Crippen LogP contribution < -0.4 is 11.1 Å². The molecule has 0 fully saturated rings. The summed E-state index contributed by atoms with van der Waals surface area (Å²) in [5.41, 5.74) is 6.08. The van der Waals surface area contributed by atoms with Gasteiger partial charge in [0.1, 0.15) is 0 Å². The Morgan fingerprint density at radius 1 is 1.22 bits per heavy atom. The molecule has 1 aromatic rings. The maximum atomic E-state index is 11.9. The highest BCUT2D eigenvalue weighted by Gasteiger charge is 2.27. The number of thioether (sulfide) groups is 1. The van der Waals surface area contributed by atoms with Crippen molar-refractivity contribution >= 4 is 29.7 Å². The zero-order valence-electron chi connectivity index (χ0n) is 13.5. The molecular formula is C16H22N2O4S. The molecule has 1 rings (SSSR count). The molecule has 0 aromatic heterocycles. The van der Waals surface area contributed by atoms with Crippen molar-refractivity contribution in [2.45, 2.75) is 38.2 Å². The van der Waals surface area contributed by atoms with Crippen LogP contribution in [-0.2, 0) is 14.3 Å². The van der Waals surface area contributed by atoms with Crippen LogP contribution in [-0.4, -0.2) is 29.8 Å². The molecule has 6 nitrogen and oxygen atoms in total. The molecular weight excluding hydrogens is 316 g/mol. The smallest absolute Gasteiger partial charge is 0.318 e. The van der Waals surface area contributed by atoms with Crippen molar-refractivity contribution in [3.8, 4) is 0 Å². The monoisotopic (exact) mass is 338 g/mol. The third kappa shape index (κ3) is 7.19. The number of carbonyl (C=O) groups is 3. The predicted octanol–water partition coefficient (Wildman–Crippen LogP) is 2.24. The molecule has 0 aliphatic carbocycles. The number of primary amides is 1. The van der Waals surface area contributed by atoms with Gasteiger partial charge < -0.3 is 10.5 Å². The molecule has 0 aliphatic heterocycles. The third-order valence-electron chi connectivity index (χ3n) is 2.96. The number of amides is 3. The second kappa shape index (κ2) is 9.19. The van der Waals surface area contributed by atoms with E-state index in [9.17, 15) is 14.4 Å². The maximum Gasteiger partial charge on any atom is 0.318 e. The highest BCUT2D eigenvalue weighted by Crippen LogP contribution is 2.19. The van der Waals surface area contributed by atoms with E-state index in [4.69, 9.17) is 10.5 Å². The Labute approximate surface area is 140 Å². The summed E-state index contributed by atoms with van der Waals surface area (Å²) in [5.74, 6) is -0.900. The Morgan fingerprint density at radius 2 is 1.83 bits per heavy atom. The van der Waals surface area contributed by atoms with E-state index in [-0.39, 0.29) is 12.3 Å². The molecule has 0 spiro atoms. The quantitative estimate of drug-likeness (QED) is 0.587. The predicted molar refractivity (Wildman–Crippen MR) is 89.0 cm³/mol. The first-order chi connectivity index (χ1) is 10.8. The van der Waals surface area contributed by atoms with Crippen molar-refractivity contribution in [3.05, 3.63) is 29.8 Å². The zero-order chi connectivity index (χ0) is 17.4. The van der Waals surface area contributed by atoms with E-state index in [1.54, 1.807) is 13.8 Å². The highest BCUT2D eigenvalue weighted by atomic mass is 32.2. The second-order valence-corrected chi connectivity index (χ2v) is 6.59. The summed E-state index contributed by atoms with van der Waals surface area (Å²) in [5, 5.41) is 1.93. The Morgan fingerprint density at radius 3 is 2.35 bits per heavy atom. The van der Waals surface area contributed by atoms with Gasteiger partial charge in [0, 0.05) is 10.6 Å². The van der Waals surface area contributed by atoms with Crippen molar-refractivity contribution in [1.29, 1.82) is 0 Å². The number of hydrogen-bond donors (Lipinski definition) is 2. The van der Waals surface area contributed by atoms with Crippen LogP contribution in [0.4, 0.5) is 4.79 Å². The average molecular weight is 338 g/mol.